The van der Waals surface area contributed by atoms with Crippen molar-refractivity contribution in [2.75, 3.05) is 11.6 Å². The lowest BCUT2D eigenvalue weighted by Crippen LogP contribution is -2.22. The van der Waals surface area contributed by atoms with Gasteiger partial charge in [-0.3, -0.25) is 9.80 Å². The van der Waals surface area contributed by atoms with Gasteiger partial charge in [-0.25, -0.2) is 4.98 Å². The Labute approximate surface area is 133 Å². The molecule has 0 aliphatic carbocycles. The van der Waals surface area contributed by atoms with Gasteiger partial charge in [-0.05, 0) is 38.1 Å². The molecule has 0 radical (unpaired) electrons. The molecule has 114 valence electrons. The number of nitrogens with one attached hydrogen (secondary N) is 1. The molecule has 0 saturated carbocycles. The van der Waals surface area contributed by atoms with Crippen LogP contribution in [0.2, 0.25) is 0 Å². The smallest absolute Gasteiger partial charge is 0.251 e. The number of thiazole rings is 1. The second-order valence-corrected chi connectivity index (χ2v) is 6.26. The van der Waals surface area contributed by atoms with Crippen molar-refractivity contribution in [3.8, 4) is 0 Å². The topological polar surface area (TPSA) is 57.6 Å². The molecule has 1 amide bonds. The maximum Gasteiger partial charge on any atom is 0.251 e. The summed E-state index contributed by atoms with van der Waals surface area (Å²) in [6, 6.07) is 7.54. The van der Waals surface area contributed by atoms with Gasteiger partial charge in [0.25, 0.3) is 5.91 Å². The van der Waals surface area contributed by atoms with Gasteiger partial charge < -0.3 is 5.32 Å². The van der Waals surface area contributed by atoms with Crippen LogP contribution in [0, 0.1) is 6.92 Å². The highest BCUT2D eigenvalue weighted by atomic mass is 32.1. The monoisotopic (exact) mass is 314 g/mol. The number of carbonyl (C=O) groups excluding carboxylic acids is 1. The Morgan fingerprint density at radius 1 is 1.32 bits per heavy atom. The van der Waals surface area contributed by atoms with Crippen molar-refractivity contribution in [2.24, 2.45) is 5.10 Å². The van der Waals surface area contributed by atoms with Crippen molar-refractivity contribution in [3.63, 3.8) is 0 Å². The number of rotatable bonds is 4. The van der Waals surface area contributed by atoms with Crippen LogP contribution in [0.3, 0.4) is 0 Å². The number of nitrogens with zero attached hydrogens (tertiary/aromatic N) is 3. The highest BCUT2D eigenvalue weighted by molar-refractivity contribution is 7.09. The second kappa shape index (κ2) is 6.27. The van der Waals surface area contributed by atoms with Crippen molar-refractivity contribution < 1.29 is 4.79 Å². The van der Waals surface area contributed by atoms with Gasteiger partial charge in [-0.15, -0.1) is 11.3 Å². The Balaban J connectivity index is 1.61. The SMILES string of the molecule is CC1=NN(c2ccc(C(=O)NCc3nc(C)cs3)cc2)CC1. The average molecular weight is 314 g/mol. The van der Waals surface area contributed by atoms with Crippen molar-refractivity contribution in [1.82, 2.24) is 10.3 Å². The lowest BCUT2D eigenvalue weighted by molar-refractivity contribution is 0.0951. The first kappa shape index (κ1) is 14.7. The largest absolute Gasteiger partial charge is 0.346 e. The predicted molar refractivity (Wildman–Crippen MR) is 89.5 cm³/mol. The van der Waals surface area contributed by atoms with E-state index in [0.717, 1.165) is 35.1 Å². The summed E-state index contributed by atoms with van der Waals surface area (Å²) in [7, 11) is 0. The van der Waals surface area contributed by atoms with Crippen molar-refractivity contribution in [3.05, 3.63) is 45.9 Å². The van der Waals surface area contributed by atoms with Gasteiger partial charge in [0.15, 0.2) is 0 Å². The third kappa shape index (κ3) is 3.33. The van der Waals surface area contributed by atoms with Crippen LogP contribution in [0.4, 0.5) is 5.69 Å². The van der Waals surface area contributed by atoms with Gasteiger partial charge in [0, 0.05) is 35.3 Å². The first-order valence-electron chi connectivity index (χ1n) is 7.23. The standard InChI is InChI=1S/C16H18N4OS/c1-11-7-8-20(19-11)14-5-3-13(4-6-14)16(21)17-9-15-18-12(2)10-22-15/h3-6,10H,7-9H2,1-2H3,(H,17,21). The normalized spacial score (nSPS) is 14.1. The fourth-order valence-electron chi connectivity index (χ4n) is 2.29. The van der Waals surface area contributed by atoms with Gasteiger partial charge in [0.05, 0.1) is 12.2 Å². The Kier molecular flexibility index (Phi) is 4.20. The van der Waals surface area contributed by atoms with Crippen LogP contribution in [0.15, 0.2) is 34.7 Å². The molecule has 0 spiro atoms. The molecule has 1 aromatic heterocycles. The molecule has 1 N–H and O–H groups in total. The summed E-state index contributed by atoms with van der Waals surface area (Å²) in [5.41, 5.74) is 3.79. The Morgan fingerprint density at radius 3 is 2.68 bits per heavy atom. The first-order valence-corrected chi connectivity index (χ1v) is 8.10. The molecule has 1 aromatic carbocycles. The van der Waals surface area contributed by atoms with E-state index in [4.69, 9.17) is 0 Å². The number of anilines is 1. The number of hydrogen-bond donors (Lipinski definition) is 1. The van der Waals surface area contributed by atoms with Gasteiger partial charge in [0.1, 0.15) is 5.01 Å². The lowest BCUT2D eigenvalue weighted by atomic mass is 10.2. The number of benzene rings is 1. The highest BCUT2D eigenvalue weighted by Crippen LogP contribution is 2.20. The zero-order valence-corrected chi connectivity index (χ0v) is 13.5. The molecule has 3 rings (SSSR count). The molecule has 2 aromatic rings. The van der Waals surface area contributed by atoms with Gasteiger partial charge in [0.2, 0.25) is 0 Å². The third-order valence-corrected chi connectivity index (χ3v) is 4.44. The fraction of sp³-hybridized carbons (Fsp3) is 0.312. The quantitative estimate of drug-likeness (QED) is 0.944. The van der Waals surface area contributed by atoms with E-state index < -0.39 is 0 Å². The van der Waals surface area contributed by atoms with E-state index in [-0.39, 0.29) is 5.91 Å². The van der Waals surface area contributed by atoms with E-state index in [1.54, 1.807) is 11.3 Å². The molecule has 0 unspecified atom stereocenters. The number of hydrazone groups is 1. The predicted octanol–water partition coefficient (Wildman–Crippen LogP) is 2.97. The Morgan fingerprint density at radius 2 is 2.09 bits per heavy atom. The van der Waals surface area contributed by atoms with Crippen LogP contribution in [0.5, 0.6) is 0 Å². The average Bonchev–Trinajstić information content (AvgIpc) is 3.13. The number of hydrogen-bond acceptors (Lipinski definition) is 5. The van der Waals surface area contributed by atoms with Gasteiger partial charge >= 0.3 is 0 Å². The summed E-state index contributed by atoms with van der Waals surface area (Å²) in [6.07, 6.45) is 0.996. The van der Waals surface area contributed by atoms with Crippen LogP contribution in [0.25, 0.3) is 0 Å². The maximum atomic E-state index is 12.1. The molecule has 22 heavy (non-hydrogen) atoms. The summed E-state index contributed by atoms with van der Waals surface area (Å²) < 4.78 is 0. The molecule has 0 saturated heterocycles. The zero-order valence-electron chi connectivity index (χ0n) is 12.7. The molecule has 0 bridgehead atoms. The molecule has 0 atom stereocenters. The van der Waals surface area contributed by atoms with Crippen LogP contribution in [-0.4, -0.2) is 23.1 Å². The van der Waals surface area contributed by atoms with Gasteiger partial charge in [-0.1, -0.05) is 0 Å². The molecule has 5 nitrogen and oxygen atoms in total. The number of carbonyl (C=O) groups is 1. The molecule has 2 heterocycles. The van der Waals surface area contributed by atoms with Crippen LogP contribution in [0.1, 0.15) is 34.4 Å². The number of aryl methyl sites for hydroxylation is 1. The lowest BCUT2D eigenvalue weighted by Gasteiger charge is -2.13. The maximum absolute atomic E-state index is 12.1. The van der Waals surface area contributed by atoms with Crippen molar-refractivity contribution >= 4 is 28.6 Å². The third-order valence-electron chi connectivity index (χ3n) is 3.47. The van der Waals surface area contributed by atoms with E-state index >= 15 is 0 Å². The second-order valence-electron chi connectivity index (χ2n) is 5.32. The van der Waals surface area contributed by atoms with Crippen LogP contribution < -0.4 is 10.3 Å². The molecule has 1 aliphatic rings. The van der Waals surface area contributed by atoms with E-state index in [1.165, 1.54) is 0 Å². The molecule has 1 aliphatic heterocycles. The molecular weight excluding hydrogens is 296 g/mol. The van der Waals surface area contributed by atoms with Crippen molar-refractivity contribution in [1.29, 1.82) is 0 Å². The molecule has 6 heteroatoms. The summed E-state index contributed by atoms with van der Waals surface area (Å²) in [6.45, 7) is 5.35. The minimum atomic E-state index is -0.0829. The van der Waals surface area contributed by atoms with E-state index in [1.807, 2.05) is 48.5 Å². The van der Waals surface area contributed by atoms with Crippen LogP contribution in [-0.2, 0) is 6.54 Å². The number of amides is 1. The summed E-state index contributed by atoms with van der Waals surface area (Å²) in [5.74, 6) is -0.0829. The molecular formula is C16H18N4OS. The minimum Gasteiger partial charge on any atom is -0.346 e. The highest BCUT2D eigenvalue weighted by Gasteiger charge is 2.13. The van der Waals surface area contributed by atoms with E-state index in [2.05, 4.69) is 15.4 Å². The molecule has 0 fully saturated rings. The van der Waals surface area contributed by atoms with Crippen LogP contribution >= 0.6 is 11.3 Å². The number of aromatic nitrogens is 1. The van der Waals surface area contributed by atoms with E-state index in [9.17, 15) is 4.79 Å². The first-order chi connectivity index (χ1) is 10.6. The Hall–Kier alpha value is -2.21. The fourth-order valence-corrected chi connectivity index (χ4v) is 3.00. The summed E-state index contributed by atoms with van der Waals surface area (Å²) in [4.78, 5) is 16.5. The Bertz CT molecular complexity index is 705. The van der Waals surface area contributed by atoms with E-state index in [0.29, 0.717) is 12.1 Å². The summed E-state index contributed by atoms with van der Waals surface area (Å²) >= 11 is 1.56. The minimum absolute atomic E-state index is 0.0829. The van der Waals surface area contributed by atoms with Gasteiger partial charge in [-0.2, -0.15) is 5.10 Å². The summed E-state index contributed by atoms with van der Waals surface area (Å²) in [5, 5.41) is 12.2. The zero-order chi connectivity index (χ0) is 15.5. The van der Waals surface area contributed by atoms with Crippen molar-refractivity contribution in [2.45, 2.75) is 26.8 Å².